The maximum absolute atomic E-state index is 12.0. The minimum atomic E-state index is -1.24. The number of rotatable bonds is 5. The number of hydrogen-bond acceptors (Lipinski definition) is 4. The normalized spacial score (nSPS) is 34.9. The van der Waals surface area contributed by atoms with Crippen LogP contribution in [0.1, 0.15) is 52.4 Å². The monoisotopic (exact) mass is 285 g/mol. The van der Waals surface area contributed by atoms with Gasteiger partial charge in [0, 0.05) is 6.54 Å². The van der Waals surface area contributed by atoms with Crippen LogP contribution >= 0.6 is 0 Å². The molecule has 3 unspecified atom stereocenters. The molecule has 4 atom stereocenters. The van der Waals surface area contributed by atoms with Gasteiger partial charge >= 0.3 is 0 Å². The molecule has 2 aliphatic carbocycles. The van der Waals surface area contributed by atoms with Crippen molar-refractivity contribution in [3.63, 3.8) is 0 Å². The van der Waals surface area contributed by atoms with Gasteiger partial charge in [0.15, 0.2) is 0 Å². The Morgan fingerprint density at radius 2 is 1.85 bits per heavy atom. The van der Waals surface area contributed by atoms with Crippen LogP contribution < -0.4 is 5.32 Å². The van der Waals surface area contributed by atoms with E-state index in [4.69, 9.17) is 0 Å². The molecule has 4 N–H and O–H groups in total. The highest BCUT2D eigenvalue weighted by molar-refractivity contribution is 5.77. The lowest BCUT2D eigenvalue weighted by atomic mass is 9.72. The second-order valence-corrected chi connectivity index (χ2v) is 7.04. The lowest BCUT2D eigenvalue weighted by Crippen LogP contribution is -2.49. The Kier molecular flexibility index (Phi) is 4.42. The number of hydrogen-bond donors (Lipinski definition) is 4. The van der Waals surface area contributed by atoms with Crippen molar-refractivity contribution in [3.8, 4) is 0 Å². The Morgan fingerprint density at radius 1 is 1.30 bits per heavy atom. The van der Waals surface area contributed by atoms with E-state index in [9.17, 15) is 20.1 Å². The van der Waals surface area contributed by atoms with Crippen molar-refractivity contribution in [2.24, 2.45) is 11.8 Å². The molecule has 2 aliphatic rings. The quantitative estimate of drug-likeness (QED) is 0.594. The van der Waals surface area contributed by atoms with E-state index in [0.29, 0.717) is 0 Å². The molecule has 0 saturated heterocycles. The van der Waals surface area contributed by atoms with E-state index in [2.05, 4.69) is 5.32 Å². The molecule has 0 heterocycles. The summed E-state index contributed by atoms with van der Waals surface area (Å²) >= 11 is 0. The molecule has 0 aliphatic heterocycles. The first kappa shape index (κ1) is 15.7. The first-order valence-electron chi connectivity index (χ1n) is 7.63. The van der Waals surface area contributed by atoms with Gasteiger partial charge in [0.05, 0.1) is 23.7 Å². The Labute approximate surface area is 120 Å². The molecular weight excluding hydrogens is 258 g/mol. The molecule has 2 saturated carbocycles. The SMILES string of the molecule is CC(C)(O)C(O)CNC(=O)CC1(O)C2CCC[C@@H]1CC2. The fourth-order valence-electron chi connectivity index (χ4n) is 3.70. The minimum Gasteiger partial charge on any atom is -0.389 e. The third-order valence-electron chi connectivity index (χ3n) is 5.13. The second-order valence-electron chi connectivity index (χ2n) is 7.04. The Morgan fingerprint density at radius 3 is 2.35 bits per heavy atom. The Hall–Kier alpha value is -0.650. The fourth-order valence-corrected chi connectivity index (χ4v) is 3.70. The molecule has 116 valence electrons. The second kappa shape index (κ2) is 5.62. The summed E-state index contributed by atoms with van der Waals surface area (Å²) in [4.78, 5) is 12.0. The van der Waals surface area contributed by atoms with Gasteiger partial charge in [-0.2, -0.15) is 0 Å². The fraction of sp³-hybridized carbons (Fsp3) is 0.933. The molecule has 2 fully saturated rings. The average Bonchev–Trinajstić information content (AvgIpc) is 2.56. The molecule has 0 radical (unpaired) electrons. The molecular formula is C15H27NO4. The number of amides is 1. The van der Waals surface area contributed by atoms with E-state index in [1.807, 2.05) is 0 Å². The molecule has 5 nitrogen and oxygen atoms in total. The van der Waals surface area contributed by atoms with Gasteiger partial charge in [0.1, 0.15) is 0 Å². The van der Waals surface area contributed by atoms with Gasteiger partial charge in [-0.3, -0.25) is 4.79 Å². The van der Waals surface area contributed by atoms with Crippen LogP contribution in [0.25, 0.3) is 0 Å². The van der Waals surface area contributed by atoms with Crippen LogP contribution in [0.2, 0.25) is 0 Å². The lowest BCUT2D eigenvalue weighted by molar-refractivity contribution is -0.134. The minimum absolute atomic E-state index is 0.00769. The smallest absolute Gasteiger partial charge is 0.223 e. The highest BCUT2D eigenvalue weighted by Crippen LogP contribution is 2.51. The molecule has 0 aromatic rings. The third-order valence-corrected chi connectivity index (χ3v) is 5.13. The van der Waals surface area contributed by atoms with Crippen molar-refractivity contribution < 1.29 is 20.1 Å². The summed E-state index contributed by atoms with van der Waals surface area (Å²) in [5.41, 5.74) is -2.10. The maximum Gasteiger partial charge on any atom is 0.223 e. The van der Waals surface area contributed by atoms with Crippen LogP contribution in [0, 0.1) is 11.8 Å². The van der Waals surface area contributed by atoms with Crippen molar-refractivity contribution in [2.45, 2.75) is 69.7 Å². The van der Waals surface area contributed by atoms with Crippen molar-refractivity contribution in [3.05, 3.63) is 0 Å². The van der Waals surface area contributed by atoms with Gasteiger partial charge in [-0.15, -0.1) is 0 Å². The first-order chi connectivity index (χ1) is 9.23. The predicted molar refractivity (Wildman–Crippen MR) is 74.9 cm³/mol. The highest BCUT2D eigenvalue weighted by atomic mass is 16.3. The van der Waals surface area contributed by atoms with Gasteiger partial charge in [-0.1, -0.05) is 6.42 Å². The van der Waals surface area contributed by atoms with Crippen molar-refractivity contribution in [1.29, 1.82) is 0 Å². The van der Waals surface area contributed by atoms with E-state index in [1.54, 1.807) is 0 Å². The van der Waals surface area contributed by atoms with Gasteiger partial charge in [-0.05, 0) is 51.4 Å². The van der Waals surface area contributed by atoms with Crippen molar-refractivity contribution in [1.82, 2.24) is 5.32 Å². The van der Waals surface area contributed by atoms with Crippen molar-refractivity contribution in [2.75, 3.05) is 6.54 Å². The van der Waals surface area contributed by atoms with Crippen LogP contribution in [0.3, 0.4) is 0 Å². The predicted octanol–water partition coefficient (Wildman–Crippen LogP) is 0.566. The zero-order valence-corrected chi connectivity index (χ0v) is 12.4. The topological polar surface area (TPSA) is 89.8 Å². The number of carbonyl (C=O) groups excluding carboxylic acids is 1. The van der Waals surface area contributed by atoms with E-state index >= 15 is 0 Å². The number of nitrogens with one attached hydrogen (secondary N) is 1. The lowest BCUT2D eigenvalue weighted by Gasteiger charge is -2.39. The number of carbonyl (C=O) groups is 1. The van der Waals surface area contributed by atoms with Gasteiger partial charge in [-0.25, -0.2) is 0 Å². The summed E-state index contributed by atoms with van der Waals surface area (Å²) in [6, 6.07) is 0. The molecule has 2 rings (SSSR count). The summed E-state index contributed by atoms with van der Waals surface area (Å²) in [6.07, 6.45) is 4.29. The summed E-state index contributed by atoms with van der Waals surface area (Å²) in [5, 5.41) is 32.7. The summed E-state index contributed by atoms with van der Waals surface area (Å²) in [5.74, 6) is 0.243. The molecule has 2 bridgehead atoms. The zero-order chi connectivity index (χ0) is 15.0. The van der Waals surface area contributed by atoms with Crippen LogP contribution in [-0.2, 0) is 4.79 Å². The van der Waals surface area contributed by atoms with Crippen LogP contribution in [-0.4, -0.2) is 45.1 Å². The average molecular weight is 285 g/mol. The maximum atomic E-state index is 12.0. The van der Waals surface area contributed by atoms with Gasteiger partial charge in [0.25, 0.3) is 0 Å². The number of aliphatic hydroxyl groups is 3. The molecule has 0 aromatic heterocycles. The standard InChI is InChI=1S/C15H27NO4/c1-14(2,19)12(17)9-16-13(18)8-15(20)10-4-3-5-11(15)7-6-10/h10-12,17,19-20H,3-9H2,1-2H3,(H,16,18)/t10-,11?,12?,15?/m1/s1. The summed E-state index contributed by atoms with van der Waals surface area (Å²) < 4.78 is 0. The van der Waals surface area contributed by atoms with Crippen LogP contribution in [0.5, 0.6) is 0 Å². The number of fused-ring (bicyclic) bond motifs is 2. The summed E-state index contributed by atoms with van der Waals surface area (Å²) in [6.45, 7) is 3.01. The Bertz CT molecular complexity index is 347. The van der Waals surface area contributed by atoms with E-state index in [-0.39, 0.29) is 30.7 Å². The Balaban J connectivity index is 1.86. The van der Waals surface area contributed by atoms with Gasteiger partial charge < -0.3 is 20.6 Å². The summed E-state index contributed by atoms with van der Waals surface area (Å²) in [7, 11) is 0. The van der Waals surface area contributed by atoms with E-state index < -0.39 is 17.3 Å². The van der Waals surface area contributed by atoms with Crippen LogP contribution in [0.4, 0.5) is 0 Å². The number of aliphatic hydroxyl groups excluding tert-OH is 1. The van der Waals surface area contributed by atoms with E-state index in [0.717, 1.165) is 32.1 Å². The van der Waals surface area contributed by atoms with Crippen molar-refractivity contribution >= 4 is 5.91 Å². The molecule has 0 spiro atoms. The molecule has 0 aromatic carbocycles. The first-order valence-corrected chi connectivity index (χ1v) is 7.63. The molecule has 20 heavy (non-hydrogen) atoms. The third kappa shape index (κ3) is 3.15. The molecule has 1 amide bonds. The largest absolute Gasteiger partial charge is 0.389 e. The van der Waals surface area contributed by atoms with Crippen LogP contribution in [0.15, 0.2) is 0 Å². The zero-order valence-electron chi connectivity index (χ0n) is 12.4. The van der Waals surface area contributed by atoms with E-state index in [1.165, 1.54) is 13.8 Å². The van der Waals surface area contributed by atoms with Gasteiger partial charge in [0.2, 0.25) is 5.91 Å². The highest BCUT2D eigenvalue weighted by Gasteiger charge is 2.51. The molecule has 5 heteroatoms.